The summed E-state index contributed by atoms with van der Waals surface area (Å²) >= 11 is 5.82. The molecule has 0 saturated carbocycles. The largest absolute Gasteiger partial charge is 0.399 e. The number of halogens is 2. The fourth-order valence-corrected chi connectivity index (χ4v) is 2.84. The fraction of sp³-hybridized carbons (Fsp3) is 0. The van der Waals surface area contributed by atoms with E-state index in [1.165, 1.54) is 3.57 Å². The highest BCUT2D eigenvalue weighted by Crippen LogP contribution is 2.26. The van der Waals surface area contributed by atoms with Crippen molar-refractivity contribution in [3.05, 3.63) is 50.8 Å². The third-order valence-corrected chi connectivity index (χ3v) is 4.14. The maximum Gasteiger partial charge on any atom is 0.100 e. The lowest BCUT2D eigenvalue weighted by molar-refractivity contribution is 1.08. The molecule has 90 valence electrons. The topological polar surface area (TPSA) is 43.8 Å². The number of nitrogen functional groups attached to an aromatic ring is 1. The van der Waals surface area contributed by atoms with E-state index in [0.717, 1.165) is 26.9 Å². The molecular formula is C13H9BrIN3. The summed E-state index contributed by atoms with van der Waals surface area (Å²) in [6.45, 7) is 0. The zero-order valence-electron chi connectivity index (χ0n) is 9.27. The number of benzene rings is 2. The predicted molar refractivity (Wildman–Crippen MR) is 85.9 cm³/mol. The number of hydrogen-bond acceptors (Lipinski definition) is 2. The van der Waals surface area contributed by atoms with Crippen molar-refractivity contribution in [1.82, 2.24) is 9.55 Å². The average Bonchev–Trinajstić information content (AvgIpc) is 2.75. The van der Waals surface area contributed by atoms with Gasteiger partial charge in [0.1, 0.15) is 6.33 Å². The minimum Gasteiger partial charge on any atom is -0.399 e. The normalized spacial score (nSPS) is 11.0. The Hall–Kier alpha value is -1.08. The Bertz CT molecular complexity index is 736. The SMILES string of the molecule is Nc1ccc2c(c1)ncn2-c1cc(Br)ccc1I. The molecule has 0 saturated heterocycles. The zero-order valence-corrected chi connectivity index (χ0v) is 13.0. The molecule has 0 fully saturated rings. The second-order valence-corrected chi connectivity index (χ2v) is 6.04. The quantitative estimate of drug-likeness (QED) is 0.484. The number of nitrogens with zero attached hydrogens (tertiary/aromatic N) is 2. The molecule has 0 unspecified atom stereocenters. The zero-order chi connectivity index (χ0) is 12.7. The number of imidazole rings is 1. The third-order valence-electron chi connectivity index (χ3n) is 2.74. The van der Waals surface area contributed by atoms with Gasteiger partial charge in [0.2, 0.25) is 0 Å². The molecule has 18 heavy (non-hydrogen) atoms. The molecule has 0 radical (unpaired) electrons. The van der Waals surface area contributed by atoms with Crippen molar-refractivity contribution in [3.63, 3.8) is 0 Å². The summed E-state index contributed by atoms with van der Waals surface area (Å²) in [6.07, 6.45) is 1.83. The van der Waals surface area contributed by atoms with Gasteiger partial charge in [-0.2, -0.15) is 0 Å². The molecule has 1 heterocycles. The van der Waals surface area contributed by atoms with Crippen molar-refractivity contribution in [1.29, 1.82) is 0 Å². The lowest BCUT2D eigenvalue weighted by Crippen LogP contribution is -1.95. The highest BCUT2D eigenvalue weighted by Gasteiger charge is 2.08. The molecule has 1 aromatic heterocycles. The van der Waals surface area contributed by atoms with Gasteiger partial charge in [-0.15, -0.1) is 0 Å². The van der Waals surface area contributed by atoms with Crippen LogP contribution < -0.4 is 5.73 Å². The summed E-state index contributed by atoms with van der Waals surface area (Å²) in [5.74, 6) is 0. The second-order valence-electron chi connectivity index (χ2n) is 3.96. The van der Waals surface area contributed by atoms with Crippen LogP contribution in [0.4, 0.5) is 5.69 Å². The number of rotatable bonds is 1. The smallest absolute Gasteiger partial charge is 0.100 e. The monoisotopic (exact) mass is 413 g/mol. The Kier molecular flexibility index (Phi) is 3.03. The summed E-state index contributed by atoms with van der Waals surface area (Å²) in [7, 11) is 0. The van der Waals surface area contributed by atoms with Crippen LogP contribution in [0.25, 0.3) is 16.7 Å². The predicted octanol–water partition coefficient (Wildman–Crippen LogP) is 3.97. The van der Waals surface area contributed by atoms with E-state index in [4.69, 9.17) is 5.73 Å². The Morgan fingerprint density at radius 2 is 2.00 bits per heavy atom. The van der Waals surface area contributed by atoms with Crippen molar-refractivity contribution in [2.75, 3.05) is 5.73 Å². The van der Waals surface area contributed by atoms with Gasteiger partial charge in [-0.1, -0.05) is 15.9 Å². The maximum atomic E-state index is 5.77. The third kappa shape index (κ3) is 2.01. The number of aromatic nitrogens is 2. The minimum absolute atomic E-state index is 0.733. The van der Waals surface area contributed by atoms with Gasteiger partial charge in [0.05, 0.1) is 16.7 Å². The highest BCUT2D eigenvalue weighted by atomic mass is 127. The van der Waals surface area contributed by atoms with Gasteiger partial charge < -0.3 is 5.73 Å². The molecule has 0 aliphatic rings. The van der Waals surface area contributed by atoms with Gasteiger partial charge in [0.15, 0.2) is 0 Å². The minimum atomic E-state index is 0.733. The molecule has 3 aromatic rings. The molecule has 2 N–H and O–H groups in total. The molecule has 0 atom stereocenters. The second kappa shape index (κ2) is 4.55. The number of hydrogen-bond donors (Lipinski definition) is 1. The van der Waals surface area contributed by atoms with Crippen molar-refractivity contribution in [3.8, 4) is 5.69 Å². The average molecular weight is 414 g/mol. The Morgan fingerprint density at radius 3 is 2.83 bits per heavy atom. The first-order chi connectivity index (χ1) is 8.65. The first-order valence-corrected chi connectivity index (χ1v) is 7.20. The van der Waals surface area contributed by atoms with Gasteiger partial charge in [-0.3, -0.25) is 4.57 Å². The van der Waals surface area contributed by atoms with E-state index in [-0.39, 0.29) is 0 Å². The molecule has 0 aliphatic heterocycles. The molecule has 0 aliphatic carbocycles. The fourth-order valence-electron chi connectivity index (χ4n) is 1.89. The van der Waals surface area contributed by atoms with E-state index in [9.17, 15) is 0 Å². The number of fused-ring (bicyclic) bond motifs is 1. The lowest BCUT2D eigenvalue weighted by atomic mass is 10.2. The first-order valence-electron chi connectivity index (χ1n) is 5.33. The van der Waals surface area contributed by atoms with Crippen molar-refractivity contribution in [2.24, 2.45) is 0 Å². The summed E-state index contributed by atoms with van der Waals surface area (Å²) < 4.78 is 4.29. The van der Waals surface area contributed by atoms with Crippen molar-refractivity contribution in [2.45, 2.75) is 0 Å². The van der Waals surface area contributed by atoms with E-state index < -0.39 is 0 Å². The van der Waals surface area contributed by atoms with Gasteiger partial charge in [-0.05, 0) is 59.0 Å². The lowest BCUT2D eigenvalue weighted by Gasteiger charge is -2.07. The van der Waals surface area contributed by atoms with Crippen LogP contribution in [0.1, 0.15) is 0 Å². The van der Waals surface area contributed by atoms with Crippen LogP contribution in [-0.2, 0) is 0 Å². The Morgan fingerprint density at radius 1 is 1.17 bits per heavy atom. The highest BCUT2D eigenvalue weighted by molar-refractivity contribution is 14.1. The van der Waals surface area contributed by atoms with E-state index in [1.807, 2.05) is 30.6 Å². The van der Waals surface area contributed by atoms with E-state index in [1.54, 1.807) is 0 Å². The van der Waals surface area contributed by atoms with Crippen LogP contribution in [-0.4, -0.2) is 9.55 Å². The van der Waals surface area contributed by atoms with Crippen LogP contribution in [0, 0.1) is 3.57 Å². The van der Waals surface area contributed by atoms with Gasteiger partial charge in [-0.25, -0.2) is 4.98 Å². The standard InChI is InChI=1S/C13H9BrIN3/c14-8-1-3-10(15)13(5-8)18-7-17-11-6-9(16)2-4-12(11)18/h1-7H,16H2. The Labute approximate surface area is 126 Å². The molecule has 5 heteroatoms. The van der Waals surface area contributed by atoms with Crippen LogP contribution in [0.15, 0.2) is 47.2 Å². The summed E-state index contributed by atoms with van der Waals surface area (Å²) in [6, 6.07) is 12.0. The van der Waals surface area contributed by atoms with Crippen molar-refractivity contribution < 1.29 is 0 Å². The molecule has 3 rings (SSSR count). The molecule has 0 bridgehead atoms. The van der Waals surface area contributed by atoms with E-state index in [2.05, 4.69) is 60.2 Å². The van der Waals surface area contributed by atoms with Gasteiger partial charge in [0, 0.05) is 13.7 Å². The Balaban J connectivity index is 2.28. The summed E-state index contributed by atoms with van der Waals surface area (Å²) in [5.41, 5.74) is 9.57. The van der Waals surface area contributed by atoms with Crippen LogP contribution in [0.2, 0.25) is 0 Å². The number of anilines is 1. The molecular weight excluding hydrogens is 405 g/mol. The van der Waals surface area contributed by atoms with Gasteiger partial charge >= 0.3 is 0 Å². The van der Waals surface area contributed by atoms with Crippen LogP contribution in [0.3, 0.4) is 0 Å². The summed E-state index contributed by atoms with van der Waals surface area (Å²) in [4.78, 5) is 4.39. The molecule has 0 spiro atoms. The number of nitrogens with two attached hydrogens (primary N) is 1. The van der Waals surface area contributed by atoms with Crippen LogP contribution >= 0.6 is 38.5 Å². The van der Waals surface area contributed by atoms with Crippen LogP contribution in [0.5, 0.6) is 0 Å². The van der Waals surface area contributed by atoms with E-state index >= 15 is 0 Å². The molecule has 0 amide bonds. The van der Waals surface area contributed by atoms with E-state index in [0.29, 0.717) is 0 Å². The summed E-state index contributed by atoms with van der Waals surface area (Å²) in [5, 5.41) is 0. The molecule has 3 nitrogen and oxygen atoms in total. The van der Waals surface area contributed by atoms with Gasteiger partial charge in [0.25, 0.3) is 0 Å². The first kappa shape index (κ1) is 12.0. The maximum absolute atomic E-state index is 5.77. The van der Waals surface area contributed by atoms with Crippen molar-refractivity contribution >= 4 is 55.2 Å². The molecule has 2 aromatic carbocycles.